The molecule has 0 heterocycles. The smallest absolute Gasteiger partial charge is 0.250 e. The van der Waals surface area contributed by atoms with Gasteiger partial charge in [-0.25, -0.2) is 0 Å². The number of hydrogen-bond acceptors (Lipinski definition) is 0. The van der Waals surface area contributed by atoms with Gasteiger partial charge in [0.25, 0.3) is 0 Å². The highest BCUT2D eigenvalue weighted by Gasteiger charge is 2.37. The molecule has 0 spiro atoms. The van der Waals surface area contributed by atoms with E-state index in [1.807, 2.05) is 0 Å². The van der Waals surface area contributed by atoms with Gasteiger partial charge in [0.1, 0.15) is 12.6 Å². The van der Waals surface area contributed by atoms with Crippen LogP contribution in [0.4, 0.5) is 17.6 Å². The molecule has 0 amide bonds. The van der Waals surface area contributed by atoms with Gasteiger partial charge in [0.15, 0.2) is 0 Å². The molecule has 0 fully saturated rings. The van der Waals surface area contributed by atoms with Gasteiger partial charge < -0.3 is 0 Å². The van der Waals surface area contributed by atoms with E-state index in [4.69, 9.17) is 0 Å². The Labute approximate surface area is 50.2 Å². The van der Waals surface area contributed by atoms with Crippen molar-refractivity contribution in [3.05, 3.63) is 12.7 Å². The van der Waals surface area contributed by atoms with E-state index in [-0.39, 0.29) is 0 Å². The lowest BCUT2D eigenvalue weighted by atomic mass is 10.2. The van der Waals surface area contributed by atoms with Gasteiger partial charge in [0.05, 0.1) is 0 Å². The van der Waals surface area contributed by atoms with Crippen molar-refractivity contribution in [3.8, 4) is 0 Å². The maximum Gasteiger partial charge on any atom is 0.397 e. The van der Waals surface area contributed by atoms with E-state index in [2.05, 4.69) is 6.58 Å². The van der Waals surface area contributed by atoms with Crippen LogP contribution in [0.5, 0.6) is 0 Å². The Morgan fingerprint density at radius 2 is 1.89 bits per heavy atom. The molecule has 0 nitrogen and oxygen atoms in total. The Bertz CT molecular complexity index is 93.6. The van der Waals surface area contributed by atoms with Crippen LogP contribution in [0.2, 0.25) is 0 Å². The number of allylic oxidation sites excluding steroid dienone is 1. The van der Waals surface area contributed by atoms with Crippen LogP contribution in [-0.2, 0) is 0 Å². The molecule has 9 heavy (non-hydrogen) atoms. The van der Waals surface area contributed by atoms with Crippen molar-refractivity contribution >= 4 is 0 Å². The van der Waals surface area contributed by atoms with E-state index in [9.17, 15) is 17.6 Å². The normalized spacial score (nSPS) is 15.1. The van der Waals surface area contributed by atoms with Crippen LogP contribution in [0.1, 0.15) is 0 Å². The van der Waals surface area contributed by atoms with Crippen LogP contribution >= 0.6 is 0 Å². The number of rotatable bonds is 2. The van der Waals surface area contributed by atoms with Gasteiger partial charge in [-0.1, -0.05) is 6.08 Å². The van der Waals surface area contributed by atoms with Crippen LogP contribution < -0.4 is 0 Å². The van der Waals surface area contributed by atoms with Gasteiger partial charge in [-0.2, -0.15) is 13.2 Å². The molecule has 0 aromatic carbocycles. The lowest BCUT2D eigenvalue weighted by Gasteiger charge is -2.11. The van der Waals surface area contributed by atoms with Gasteiger partial charge in [-0.05, 0) is 0 Å². The van der Waals surface area contributed by atoms with E-state index < -0.39 is 18.8 Å². The summed E-state index contributed by atoms with van der Waals surface area (Å²) >= 11 is 0. The zero-order chi connectivity index (χ0) is 7.49. The average Bonchev–Trinajstić information content (AvgIpc) is 1.65. The first-order chi connectivity index (χ1) is 4.02. The maximum atomic E-state index is 11.4. The second kappa shape index (κ2) is 2.85. The molecule has 0 saturated carbocycles. The van der Waals surface area contributed by atoms with E-state index in [1.54, 1.807) is 0 Å². The first-order valence-electron chi connectivity index (χ1n) is 2.27. The zero-order valence-electron chi connectivity index (χ0n) is 4.58. The summed E-state index contributed by atoms with van der Waals surface area (Å²) in [6.07, 6.45) is -3.92. The summed E-state index contributed by atoms with van der Waals surface area (Å²) in [5, 5.41) is 0. The zero-order valence-corrected chi connectivity index (χ0v) is 4.58. The molecule has 4 heteroatoms. The molecule has 0 rings (SSSR count). The summed E-state index contributed by atoms with van der Waals surface area (Å²) < 4.78 is 45.6. The molecular formula is C5H6F4. The molecule has 1 atom stereocenters. The third-order valence-corrected chi connectivity index (χ3v) is 0.871. The number of alkyl halides is 4. The van der Waals surface area contributed by atoms with Gasteiger partial charge >= 0.3 is 6.18 Å². The van der Waals surface area contributed by atoms with Gasteiger partial charge in [0, 0.05) is 0 Å². The highest BCUT2D eigenvalue weighted by Crippen LogP contribution is 2.26. The van der Waals surface area contributed by atoms with Crippen molar-refractivity contribution < 1.29 is 17.6 Å². The standard InChI is InChI=1S/C5H6F4/c1-2-4(3-6)5(7,8)9/h2,4H,1,3H2. The van der Waals surface area contributed by atoms with E-state index in [0.29, 0.717) is 6.08 Å². The first-order valence-corrected chi connectivity index (χ1v) is 2.27. The minimum atomic E-state index is -4.48. The molecule has 0 aliphatic carbocycles. The highest BCUT2D eigenvalue weighted by molar-refractivity contribution is 4.83. The summed E-state index contributed by atoms with van der Waals surface area (Å²) in [7, 11) is 0. The first kappa shape index (κ1) is 8.46. The summed E-state index contributed by atoms with van der Waals surface area (Å²) in [6, 6.07) is 0. The number of halogens is 4. The van der Waals surface area contributed by atoms with E-state index in [1.165, 1.54) is 0 Å². The Balaban J connectivity index is 3.94. The molecule has 0 radical (unpaired) electrons. The van der Waals surface area contributed by atoms with Crippen molar-refractivity contribution in [2.24, 2.45) is 5.92 Å². The second-order valence-electron chi connectivity index (χ2n) is 1.54. The van der Waals surface area contributed by atoms with E-state index in [0.717, 1.165) is 0 Å². The van der Waals surface area contributed by atoms with Gasteiger partial charge in [-0.3, -0.25) is 4.39 Å². The molecule has 0 aromatic heterocycles. The lowest BCUT2D eigenvalue weighted by Crippen LogP contribution is -2.22. The quantitative estimate of drug-likeness (QED) is 0.410. The largest absolute Gasteiger partial charge is 0.397 e. The van der Waals surface area contributed by atoms with Crippen LogP contribution in [0.3, 0.4) is 0 Å². The van der Waals surface area contributed by atoms with Gasteiger partial charge in [-0.15, -0.1) is 6.58 Å². The highest BCUT2D eigenvalue weighted by atomic mass is 19.4. The fourth-order valence-electron chi connectivity index (χ4n) is 0.284. The Morgan fingerprint density at radius 1 is 1.44 bits per heavy atom. The lowest BCUT2D eigenvalue weighted by molar-refractivity contribution is -0.164. The molecular weight excluding hydrogens is 136 g/mol. The van der Waals surface area contributed by atoms with Crippen LogP contribution in [0.15, 0.2) is 12.7 Å². The molecule has 0 aliphatic heterocycles. The van der Waals surface area contributed by atoms with Crippen molar-refractivity contribution in [2.45, 2.75) is 6.18 Å². The molecule has 0 N–H and O–H groups in total. The Kier molecular flexibility index (Phi) is 2.67. The minimum Gasteiger partial charge on any atom is -0.250 e. The van der Waals surface area contributed by atoms with Crippen LogP contribution in [0.25, 0.3) is 0 Å². The summed E-state index contributed by atoms with van der Waals surface area (Å²) in [6.45, 7) is 1.41. The molecule has 0 bridgehead atoms. The SMILES string of the molecule is C=CC(CF)C(F)(F)F. The Morgan fingerprint density at radius 3 is 1.89 bits per heavy atom. The second-order valence-corrected chi connectivity index (χ2v) is 1.54. The molecule has 1 unspecified atom stereocenters. The fourth-order valence-corrected chi connectivity index (χ4v) is 0.284. The predicted molar refractivity (Wildman–Crippen MR) is 25.7 cm³/mol. The molecule has 0 saturated heterocycles. The van der Waals surface area contributed by atoms with Crippen molar-refractivity contribution in [1.29, 1.82) is 0 Å². The van der Waals surface area contributed by atoms with Crippen molar-refractivity contribution in [3.63, 3.8) is 0 Å². The average molecular weight is 142 g/mol. The molecule has 0 aliphatic rings. The van der Waals surface area contributed by atoms with Crippen LogP contribution in [-0.4, -0.2) is 12.9 Å². The summed E-state index contributed by atoms with van der Waals surface area (Å²) in [4.78, 5) is 0. The monoisotopic (exact) mass is 142 g/mol. The topological polar surface area (TPSA) is 0 Å². The summed E-state index contributed by atoms with van der Waals surface area (Å²) in [5.74, 6) is -2.00. The van der Waals surface area contributed by atoms with E-state index >= 15 is 0 Å². The number of hydrogen-bond donors (Lipinski definition) is 0. The third kappa shape index (κ3) is 2.49. The predicted octanol–water partition coefficient (Wildman–Crippen LogP) is 2.32. The molecule has 54 valence electrons. The summed E-state index contributed by atoms with van der Waals surface area (Å²) in [5.41, 5.74) is 0. The third-order valence-electron chi connectivity index (χ3n) is 0.871. The van der Waals surface area contributed by atoms with Crippen molar-refractivity contribution in [2.75, 3.05) is 6.67 Å². The molecule has 0 aromatic rings. The maximum absolute atomic E-state index is 11.4. The minimum absolute atomic E-state index is 0.556. The van der Waals surface area contributed by atoms with Crippen molar-refractivity contribution in [1.82, 2.24) is 0 Å². The van der Waals surface area contributed by atoms with Gasteiger partial charge in [0.2, 0.25) is 0 Å². The van der Waals surface area contributed by atoms with Crippen LogP contribution in [0, 0.1) is 5.92 Å². The Hall–Kier alpha value is -0.540. The fraction of sp³-hybridized carbons (Fsp3) is 0.600.